The normalized spacial score (nSPS) is 14.9. The van der Waals surface area contributed by atoms with Gasteiger partial charge >= 0.3 is 0 Å². The highest BCUT2D eigenvalue weighted by Crippen LogP contribution is 2.32. The van der Waals surface area contributed by atoms with Gasteiger partial charge in [0.1, 0.15) is 5.52 Å². The number of imidazole rings is 1. The quantitative estimate of drug-likeness (QED) is 0.406. The lowest BCUT2D eigenvalue weighted by atomic mass is 10.1. The predicted octanol–water partition coefficient (Wildman–Crippen LogP) is 5.23. The summed E-state index contributed by atoms with van der Waals surface area (Å²) in [6, 6.07) is 14.9. The molecule has 172 valence electrons. The van der Waals surface area contributed by atoms with Crippen molar-refractivity contribution < 1.29 is 4.74 Å². The van der Waals surface area contributed by atoms with Gasteiger partial charge in [0.05, 0.1) is 42.5 Å². The molecule has 0 radical (unpaired) electrons. The smallest absolute Gasteiger partial charge is 0.156 e. The first-order valence-electron chi connectivity index (χ1n) is 11.7. The molecule has 0 atom stereocenters. The van der Waals surface area contributed by atoms with Crippen molar-refractivity contribution in [2.75, 3.05) is 31.2 Å². The molecule has 1 fully saturated rings. The van der Waals surface area contributed by atoms with E-state index in [9.17, 15) is 0 Å². The molecule has 3 aromatic heterocycles. The van der Waals surface area contributed by atoms with Gasteiger partial charge in [-0.15, -0.1) is 0 Å². The largest absolute Gasteiger partial charge is 0.378 e. The summed E-state index contributed by atoms with van der Waals surface area (Å²) in [7, 11) is 0. The van der Waals surface area contributed by atoms with Crippen molar-refractivity contribution in [3.63, 3.8) is 0 Å². The number of nitrogens with zero attached hydrogens (tertiary/aromatic N) is 5. The average Bonchev–Trinajstić information content (AvgIpc) is 3.48. The van der Waals surface area contributed by atoms with Crippen LogP contribution in [0.1, 0.15) is 20.8 Å². The van der Waals surface area contributed by atoms with Crippen molar-refractivity contribution in [3.05, 3.63) is 61.2 Å². The lowest BCUT2D eigenvalue weighted by molar-refractivity contribution is 0.122. The summed E-state index contributed by atoms with van der Waals surface area (Å²) in [6.45, 7) is 9.98. The van der Waals surface area contributed by atoms with Crippen LogP contribution in [0.25, 0.3) is 44.6 Å². The van der Waals surface area contributed by atoms with Gasteiger partial charge in [0.2, 0.25) is 0 Å². The molecule has 1 aliphatic rings. The molecule has 1 aliphatic heterocycles. The SMILES string of the molecule is CC(C)(C)n1cnc2ccc(-c3c[nH]c4ncc(-c5ccc(N6CCOCC6)cc5)nc34)cc21. The Kier molecular flexibility index (Phi) is 4.88. The average molecular weight is 453 g/mol. The van der Waals surface area contributed by atoms with Crippen LogP contribution < -0.4 is 4.90 Å². The summed E-state index contributed by atoms with van der Waals surface area (Å²) >= 11 is 0. The van der Waals surface area contributed by atoms with Gasteiger partial charge < -0.3 is 19.2 Å². The van der Waals surface area contributed by atoms with Gasteiger partial charge in [0.25, 0.3) is 0 Å². The van der Waals surface area contributed by atoms with Gasteiger partial charge in [-0.05, 0) is 50.6 Å². The minimum Gasteiger partial charge on any atom is -0.378 e. The minimum atomic E-state index is -0.0477. The third-order valence-corrected chi connectivity index (χ3v) is 6.50. The number of hydrogen-bond donors (Lipinski definition) is 1. The number of rotatable bonds is 3. The summed E-state index contributed by atoms with van der Waals surface area (Å²) in [5.41, 5.74) is 8.98. The number of aromatic nitrogens is 5. The van der Waals surface area contributed by atoms with Crippen LogP contribution in [0, 0.1) is 0 Å². The van der Waals surface area contributed by atoms with Crippen molar-refractivity contribution in [2.24, 2.45) is 0 Å². The van der Waals surface area contributed by atoms with E-state index in [0.29, 0.717) is 0 Å². The molecule has 6 rings (SSSR count). The number of hydrogen-bond acceptors (Lipinski definition) is 5. The van der Waals surface area contributed by atoms with E-state index >= 15 is 0 Å². The minimum absolute atomic E-state index is 0.0477. The molecular weight excluding hydrogens is 424 g/mol. The summed E-state index contributed by atoms with van der Waals surface area (Å²) in [5, 5.41) is 0. The third-order valence-electron chi connectivity index (χ3n) is 6.50. The number of nitrogens with one attached hydrogen (secondary N) is 1. The summed E-state index contributed by atoms with van der Waals surface area (Å²) in [5.74, 6) is 0. The molecule has 7 nitrogen and oxygen atoms in total. The third kappa shape index (κ3) is 3.62. The molecule has 34 heavy (non-hydrogen) atoms. The second kappa shape index (κ2) is 7.95. The molecule has 7 heteroatoms. The number of fused-ring (bicyclic) bond motifs is 2. The first kappa shape index (κ1) is 20.9. The topological polar surface area (TPSA) is 71.9 Å². The maximum absolute atomic E-state index is 5.47. The molecule has 4 heterocycles. The fraction of sp³-hybridized carbons (Fsp3) is 0.296. The van der Waals surface area contributed by atoms with Crippen LogP contribution in [0.2, 0.25) is 0 Å². The molecule has 2 aromatic carbocycles. The fourth-order valence-corrected chi connectivity index (χ4v) is 4.62. The first-order chi connectivity index (χ1) is 16.5. The maximum Gasteiger partial charge on any atom is 0.156 e. The van der Waals surface area contributed by atoms with Crippen LogP contribution in [-0.4, -0.2) is 50.8 Å². The van der Waals surface area contributed by atoms with Crippen molar-refractivity contribution in [1.29, 1.82) is 0 Å². The highest BCUT2D eigenvalue weighted by Gasteiger charge is 2.18. The van der Waals surface area contributed by atoms with E-state index in [1.807, 2.05) is 18.7 Å². The van der Waals surface area contributed by atoms with E-state index in [4.69, 9.17) is 9.72 Å². The highest BCUT2D eigenvalue weighted by atomic mass is 16.5. The molecule has 0 saturated carbocycles. The molecular formula is C27H28N6O. The Bertz CT molecular complexity index is 1470. The molecule has 0 aliphatic carbocycles. The van der Waals surface area contributed by atoms with Crippen LogP contribution in [-0.2, 0) is 10.3 Å². The summed E-state index contributed by atoms with van der Waals surface area (Å²) in [6.07, 6.45) is 5.75. The van der Waals surface area contributed by atoms with Crippen LogP contribution in [0.4, 0.5) is 5.69 Å². The van der Waals surface area contributed by atoms with Crippen molar-refractivity contribution in [3.8, 4) is 22.4 Å². The standard InChI is InChI=1S/C27H28N6O/c1-27(2,3)33-17-30-22-9-6-19(14-24(22)33)21-15-28-26-25(21)31-23(16-29-26)18-4-7-20(8-5-18)32-10-12-34-13-11-32/h4-9,14-17H,10-13H2,1-3H3,(H,28,29). The number of aromatic amines is 1. The summed E-state index contributed by atoms with van der Waals surface area (Å²) < 4.78 is 7.69. The van der Waals surface area contributed by atoms with E-state index in [1.54, 1.807) is 0 Å². The van der Waals surface area contributed by atoms with Gasteiger partial charge in [-0.2, -0.15) is 0 Å². The zero-order valence-electron chi connectivity index (χ0n) is 19.7. The van der Waals surface area contributed by atoms with E-state index in [-0.39, 0.29) is 5.54 Å². The molecule has 5 aromatic rings. The first-order valence-corrected chi connectivity index (χ1v) is 11.7. The highest BCUT2D eigenvalue weighted by molar-refractivity contribution is 5.94. The lowest BCUT2D eigenvalue weighted by Crippen LogP contribution is -2.36. The molecule has 0 bridgehead atoms. The second-order valence-corrected chi connectivity index (χ2v) is 9.79. The monoisotopic (exact) mass is 452 g/mol. The van der Waals surface area contributed by atoms with Gasteiger partial charge in [-0.25, -0.2) is 15.0 Å². The Hall–Kier alpha value is -3.71. The number of ether oxygens (including phenoxy) is 1. The maximum atomic E-state index is 5.47. The van der Waals surface area contributed by atoms with Gasteiger partial charge in [0, 0.05) is 41.6 Å². The van der Waals surface area contributed by atoms with Gasteiger partial charge in [-0.3, -0.25) is 0 Å². The van der Waals surface area contributed by atoms with E-state index < -0.39 is 0 Å². The van der Waals surface area contributed by atoms with Gasteiger partial charge in [0.15, 0.2) is 5.65 Å². The predicted molar refractivity (Wildman–Crippen MR) is 136 cm³/mol. The van der Waals surface area contributed by atoms with Crippen LogP contribution >= 0.6 is 0 Å². The summed E-state index contributed by atoms with van der Waals surface area (Å²) in [4.78, 5) is 19.9. The van der Waals surface area contributed by atoms with E-state index in [0.717, 1.165) is 70.9 Å². The zero-order valence-corrected chi connectivity index (χ0v) is 19.7. The number of anilines is 1. The lowest BCUT2D eigenvalue weighted by Gasteiger charge is -2.28. The zero-order chi connectivity index (χ0) is 23.3. The molecule has 1 saturated heterocycles. The van der Waals surface area contributed by atoms with Gasteiger partial charge in [-0.1, -0.05) is 18.2 Å². The Morgan fingerprint density at radius 2 is 1.71 bits per heavy atom. The Labute approximate surface area is 198 Å². The van der Waals surface area contributed by atoms with Crippen LogP contribution in [0.15, 0.2) is 61.2 Å². The van der Waals surface area contributed by atoms with Crippen LogP contribution in [0.3, 0.4) is 0 Å². The molecule has 0 spiro atoms. The molecule has 0 amide bonds. The van der Waals surface area contributed by atoms with Crippen molar-refractivity contribution >= 4 is 27.9 Å². The number of H-pyrrole nitrogens is 1. The Morgan fingerprint density at radius 3 is 2.47 bits per heavy atom. The number of morpholine rings is 1. The fourth-order valence-electron chi connectivity index (χ4n) is 4.62. The van der Waals surface area contributed by atoms with E-state index in [1.165, 1.54) is 5.69 Å². The number of benzene rings is 2. The van der Waals surface area contributed by atoms with Crippen LogP contribution in [0.5, 0.6) is 0 Å². The van der Waals surface area contributed by atoms with Crippen molar-refractivity contribution in [1.82, 2.24) is 24.5 Å². The van der Waals surface area contributed by atoms with Crippen molar-refractivity contribution in [2.45, 2.75) is 26.3 Å². The Morgan fingerprint density at radius 1 is 0.941 bits per heavy atom. The van der Waals surface area contributed by atoms with E-state index in [2.05, 4.69) is 87.7 Å². The molecule has 1 N–H and O–H groups in total. The second-order valence-electron chi connectivity index (χ2n) is 9.79. The Balaban J connectivity index is 1.38. The molecule has 0 unspecified atom stereocenters.